The van der Waals surface area contributed by atoms with Gasteiger partial charge in [0.25, 0.3) is 0 Å². The summed E-state index contributed by atoms with van der Waals surface area (Å²) >= 11 is 0. The molecule has 0 spiro atoms. The number of anilines is 1. The number of aromatic nitrogens is 1. The predicted octanol–water partition coefficient (Wildman–Crippen LogP) is 2.47. The zero-order chi connectivity index (χ0) is 13.9. The molecule has 0 aliphatic heterocycles. The maximum Gasteiger partial charge on any atom is 0.147 e. The zero-order valence-corrected chi connectivity index (χ0v) is 11.9. The van der Waals surface area contributed by atoms with Gasteiger partial charge in [-0.2, -0.15) is 0 Å². The summed E-state index contributed by atoms with van der Waals surface area (Å²) in [4.78, 5) is 4.50. The molecule has 2 rings (SSSR count). The van der Waals surface area contributed by atoms with E-state index in [0.29, 0.717) is 6.42 Å². The average molecular weight is 278 g/mol. The molecule has 2 aromatic rings. The quantitative estimate of drug-likeness (QED) is 0.912. The van der Waals surface area contributed by atoms with Gasteiger partial charge < -0.3 is 5.32 Å². The van der Waals surface area contributed by atoms with Crippen LogP contribution in [0.5, 0.6) is 0 Å². The van der Waals surface area contributed by atoms with E-state index in [-0.39, 0.29) is 11.8 Å². The lowest BCUT2D eigenvalue weighted by molar-refractivity contribution is 0.595. The number of hydrogen-bond acceptors (Lipinski definition) is 4. The van der Waals surface area contributed by atoms with Crippen LogP contribution in [0.3, 0.4) is 0 Å². The van der Waals surface area contributed by atoms with Crippen LogP contribution in [0.25, 0.3) is 10.9 Å². The van der Waals surface area contributed by atoms with E-state index in [1.807, 2.05) is 43.3 Å². The number of hydrogen-bond donors (Lipinski definition) is 1. The molecule has 0 saturated carbocycles. The summed E-state index contributed by atoms with van der Waals surface area (Å²) in [6, 6.07) is 11.9. The Kier molecular flexibility index (Phi) is 4.04. The topological polar surface area (TPSA) is 59.1 Å². The van der Waals surface area contributed by atoms with Crippen molar-refractivity contribution < 1.29 is 8.42 Å². The van der Waals surface area contributed by atoms with Crippen LogP contribution < -0.4 is 5.32 Å². The van der Waals surface area contributed by atoms with Gasteiger partial charge in [-0.15, -0.1) is 0 Å². The number of fused-ring (bicyclic) bond motifs is 1. The molecule has 1 aromatic heterocycles. The van der Waals surface area contributed by atoms with Crippen molar-refractivity contribution in [2.24, 2.45) is 0 Å². The van der Waals surface area contributed by atoms with Crippen LogP contribution in [0.2, 0.25) is 0 Å². The van der Waals surface area contributed by atoms with Gasteiger partial charge in [-0.1, -0.05) is 18.2 Å². The fraction of sp³-hybridized carbons (Fsp3) is 0.357. The summed E-state index contributed by atoms with van der Waals surface area (Å²) in [6.45, 7) is 1.96. The van der Waals surface area contributed by atoms with Crippen molar-refractivity contribution in [1.82, 2.24) is 4.98 Å². The van der Waals surface area contributed by atoms with Crippen molar-refractivity contribution in [2.45, 2.75) is 19.4 Å². The minimum atomic E-state index is -2.91. The highest BCUT2D eigenvalue weighted by molar-refractivity contribution is 7.90. The van der Waals surface area contributed by atoms with Gasteiger partial charge in [-0.3, -0.25) is 0 Å². The zero-order valence-electron chi connectivity index (χ0n) is 11.1. The standard InChI is InChI=1S/C14H18N2O2S/c1-11(9-10-19(2,17)18)15-14-8-7-12-5-3-4-6-13(12)16-14/h3-8,11H,9-10H2,1-2H3,(H,15,16). The smallest absolute Gasteiger partial charge is 0.147 e. The molecule has 1 heterocycles. The maximum atomic E-state index is 11.1. The number of nitrogens with one attached hydrogen (secondary N) is 1. The highest BCUT2D eigenvalue weighted by Crippen LogP contribution is 2.15. The van der Waals surface area contributed by atoms with E-state index in [0.717, 1.165) is 16.7 Å². The van der Waals surface area contributed by atoms with Gasteiger partial charge in [0.2, 0.25) is 0 Å². The Morgan fingerprint density at radius 2 is 1.95 bits per heavy atom. The van der Waals surface area contributed by atoms with Crippen LogP contribution in [0.15, 0.2) is 36.4 Å². The first kappa shape index (κ1) is 13.8. The van der Waals surface area contributed by atoms with Gasteiger partial charge in [0, 0.05) is 17.7 Å². The highest BCUT2D eigenvalue weighted by atomic mass is 32.2. The van der Waals surface area contributed by atoms with Crippen molar-refractivity contribution in [3.8, 4) is 0 Å². The van der Waals surface area contributed by atoms with E-state index < -0.39 is 9.84 Å². The van der Waals surface area contributed by atoms with Crippen molar-refractivity contribution >= 4 is 26.6 Å². The van der Waals surface area contributed by atoms with Gasteiger partial charge in [-0.25, -0.2) is 13.4 Å². The Morgan fingerprint density at radius 1 is 1.21 bits per heavy atom. The van der Waals surface area contributed by atoms with Gasteiger partial charge in [0.15, 0.2) is 0 Å². The first-order valence-corrected chi connectivity index (χ1v) is 8.30. The molecule has 0 saturated heterocycles. The van der Waals surface area contributed by atoms with Crippen LogP contribution >= 0.6 is 0 Å². The molecule has 0 fully saturated rings. The lowest BCUT2D eigenvalue weighted by Crippen LogP contribution is -2.20. The van der Waals surface area contributed by atoms with Gasteiger partial charge in [0.1, 0.15) is 15.7 Å². The van der Waals surface area contributed by atoms with E-state index in [2.05, 4.69) is 10.3 Å². The molecule has 4 nitrogen and oxygen atoms in total. The number of benzene rings is 1. The Labute approximate surface area is 113 Å². The molecule has 0 radical (unpaired) electrons. The molecule has 5 heteroatoms. The van der Waals surface area contributed by atoms with Crippen LogP contribution in [-0.4, -0.2) is 31.5 Å². The number of para-hydroxylation sites is 1. The Bertz CT molecular complexity index is 668. The molecule has 1 N–H and O–H groups in total. The fourth-order valence-corrected chi connectivity index (χ4v) is 2.64. The largest absolute Gasteiger partial charge is 0.368 e. The SMILES string of the molecule is CC(CCS(C)(=O)=O)Nc1ccc2ccccc2n1. The molecule has 0 aliphatic rings. The summed E-state index contributed by atoms with van der Waals surface area (Å²) in [5.41, 5.74) is 0.933. The minimum absolute atomic E-state index is 0.0726. The van der Waals surface area contributed by atoms with Crippen LogP contribution in [0.4, 0.5) is 5.82 Å². The molecule has 0 amide bonds. The molecule has 0 bridgehead atoms. The molecular weight excluding hydrogens is 260 g/mol. The summed E-state index contributed by atoms with van der Waals surface area (Å²) in [5.74, 6) is 0.967. The Balaban J connectivity index is 2.04. The third-order valence-corrected chi connectivity index (χ3v) is 3.89. The second-order valence-corrected chi connectivity index (χ2v) is 7.11. The summed E-state index contributed by atoms with van der Waals surface area (Å²) in [6.07, 6.45) is 1.83. The number of pyridine rings is 1. The van der Waals surface area contributed by atoms with Gasteiger partial charge in [-0.05, 0) is 31.5 Å². The van der Waals surface area contributed by atoms with Crippen molar-refractivity contribution in [2.75, 3.05) is 17.3 Å². The van der Waals surface area contributed by atoms with Crippen LogP contribution in [0, 0.1) is 0 Å². The lowest BCUT2D eigenvalue weighted by Gasteiger charge is -2.14. The Hall–Kier alpha value is -1.62. The van der Waals surface area contributed by atoms with Gasteiger partial charge >= 0.3 is 0 Å². The summed E-state index contributed by atoms with van der Waals surface area (Å²) in [7, 11) is -2.91. The molecule has 0 aliphatic carbocycles. The summed E-state index contributed by atoms with van der Waals surface area (Å²) < 4.78 is 22.2. The molecular formula is C14H18N2O2S. The van der Waals surface area contributed by atoms with E-state index >= 15 is 0 Å². The number of sulfone groups is 1. The molecule has 1 unspecified atom stereocenters. The third-order valence-electron chi connectivity index (χ3n) is 2.91. The first-order valence-electron chi connectivity index (χ1n) is 6.24. The number of nitrogens with zero attached hydrogens (tertiary/aromatic N) is 1. The van der Waals surface area contributed by atoms with E-state index in [4.69, 9.17) is 0 Å². The van der Waals surface area contributed by atoms with E-state index in [1.165, 1.54) is 6.26 Å². The highest BCUT2D eigenvalue weighted by Gasteiger charge is 2.08. The van der Waals surface area contributed by atoms with E-state index in [1.54, 1.807) is 0 Å². The molecule has 102 valence electrons. The second kappa shape index (κ2) is 5.57. The van der Waals surface area contributed by atoms with Crippen molar-refractivity contribution in [1.29, 1.82) is 0 Å². The van der Waals surface area contributed by atoms with E-state index in [9.17, 15) is 8.42 Å². The maximum absolute atomic E-state index is 11.1. The molecule has 19 heavy (non-hydrogen) atoms. The minimum Gasteiger partial charge on any atom is -0.368 e. The second-order valence-electron chi connectivity index (χ2n) is 4.85. The summed E-state index contributed by atoms with van der Waals surface area (Å²) in [5, 5.41) is 4.33. The van der Waals surface area contributed by atoms with Gasteiger partial charge in [0.05, 0.1) is 11.3 Å². The molecule has 1 atom stereocenters. The van der Waals surface area contributed by atoms with Crippen LogP contribution in [-0.2, 0) is 9.84 Å². The fourth-order valence-electron chi connectivity index (χ4n) is 1.86. The predicted molar refractivity (Wildman–Crippen MR) is 79.2 cm³/mol. The lowest BCUT2D eigenvalue weighted by atomic mass is 10.2. The molecule has 1 aromatic carbocycles. The normalized spacial score (nSPS) is 13.4. The van der Waals surface area contributed by atoms with Crippen molar-refractivity contribution in [3.05, 3.63) is 36.4 Å². The monoisotopic (exact) mass is 278 g/mol. The average Bonchev–Trinajstić information content (AvgIpc) is 2.35. The Morgan fingerprint density at radius 3 is 2.68 bits per heavy atom. The number of rotatable bonds is 5. The third kappa shape index (κ3) is 4.21. The van der Waals surface area contributed by atoms with Crippen molar-refractivity contribution in [3.63, 3.8) is 0 Å². The first-order chi connectivity index (χ1) is 8.94. The van der Waals surface area contributed by atoms with Crippen LogP contribution in [0.1, 0.15) is 13.3 Å².